The van der Waals surface area contributed by atoms with Gasteiger partial charge in [0.2, 0.25) is 5.88 Å². The molecule has 0 atom stereocenters. The van der Waals surface area contributed by atoms with Gasteiger partial charge in [0.05, 0.1) is 34.5 Å². The van der Waals surface area contributed by atoms with Gasteiger partial charge in [0.15, 0.2) is 0 Å². The van der Waals surface area contributed by atoms with Crippen molar-refractivity contribution < 1.29 is 32.2 Å². The Bertz CT molecular complexity index is 1170. The maximum atomic E-state index is 12.7. The minimum Gasteiger partial charge on any atom is -0.465 e. The predicted molar refractivity (Wildman–Crippen MR) is 112 cm³/mol. The molecule has 0 aliphatic rings. The summed E-state index contributed by atoms with van der Waals surface area (Å²) >= 11 is 11.9. The van der Waals surface area contributed by atoms with Crippen LogP contribution in [0.3, 0.4) is 0 Å². The zero-order valence-electron chi connectivity index (χ0n) is 16.2. The number of aromatic nitrogens is 1. The Kier molecular flexibility index (Phi) is 6.90. The van der Waals surface area contributed by atoms with E-state index >= 15 is 0 Å². The van der Waals surface area contributed by atoms with Crippen molar-refractivity contribution in [1.82, 2.24) is 4.98 Å². The summed E-state index contributed by atoms with van der Waals surface area (Å²) in [7, 11) is 1.15. The fourth-order valence-electron chi connectivity index (χ4n) is 2.57. The molecule has 1 heterocycles. The molecule has 0 radical (unpaired) electrons. The predicted octanol–water partition coefficient (Wildman–Crippen LogP) is 6.24. The van der Waals surface area contributed by atoms with Crippen LogP contribution in [0.2, 0.25) is 10.0 Å². The van der Waals surface area contributed by atoms with Crippen LogP contribution in [0, 0.1) is 0 Å². The number of methoxy groups -OCH3 is 1. The molecule has 1 amide bonds. The molecule has 0 aliphatic heterocycles. The quantitative estimate of drug-likeness (QED) is 0.433. The Balaban J connectivity index is 1.86. The Morgan fingerprint density at radius 2 is 1.75 bits per heavy atom. The monoisotopic (exact) mass is 484 g/mol. The second-order valence-electron chi connectivity index (χ2n) is 6.26. The lowest BCUT2D eigenvalue weighted by molar-refractivity contribution is -0.137. The van der Waals surface area contributed by atoms with Crippen LogP contribution in [0.25, 0.3) is 0 Å². The van der Waals surface area contributed by atoms with Crippen LogP contribution < -0.4 is 10.1 Å². The lowest BCUT2D eigenvalue weighted by Gasteiger charge is -2.13. The van der Waals surface area contributed by atoms with E-state index in [1.54, 1.807) is 0 Å². The van der Waals surface area contributed by atoms with Gasteiger partial charge in [0.25, 0.3) is 5.91 Å². The summed E-state index contributed by atoms with van der Waals surface area (Å²) in [5, 5.41) is 3.02. The highest BCUT2D eigenvalue weighted by Gasteiger charge is 2.30. The van der Waals surface area contributed by atoms with Gasteiger partial charge in [0, 0.05) is 17.3 Å². The third-order valence-electron chi connectivity index (χ3n) is 4.11. The van der Waals surface area contributed by atoms with E-state index in [1.807, 2.05) is 0 Å². The van der Waals surface area contributed by atoms with Gasteiger partial charge in [-0.3, -0.25) is 4.79 Å². The van der Waals surface area contributed by atoms with Crippen molar-refractivity contribution in [1.29, 1.82) is 0 Å². The lowest BCUT2D eigenvalue weighted by Crippen LogP contribution is -2.16. The topological polar surface area (TPSA) is 77.5 Å². The molecule has 0 bridgehead atoms. The number of pyridine rings is 1. The summed E-state index contributed by atoms with van der Waals surface area (Å²) < 4.78 is 48.1. The Morgan fingerprint density at radius 3 is 2.34 bits per heavy atom. The molecular formula is C21H13Cl2F3N2O4. The number of benzene rings is 2. The first-order chi connectivity index (χ1) is 15.1. The first-order valence-corrected chi connectivity index (χ1v) is 9.54. The summed E-state index contributed by atoms with van der Waals surface area (Å²) in [4.78, 5) is 28.4. The van der Waals surface area contributed by atoms with Gasteiger partial charge in [0.1, 0.15) is 5.75 Å². The van der Waals surface area contributed by atoms with Gasteiger partial charge >= 0.3 is 12.1 Å². The van der Waals surface area contributed by atoms with Crippen LogP contribution in [-0.2, 0) is 10.9 Å². The van der Waals surface area contributed by atoms with Crippen LogP contribution in [0.5, 0.6) is 11.6 Å². The van der Waals surface area contributed by atoms with Crippen molar-refractivity contribution in [2.24, 2.45) is 0 Å². The standard InChI is InChI=1S/C21H13Cl2F3N2O4/c1-31-20(30)15-9-13(32-18-7-2-11(10-27-18)21(24,25)26)4-6-17(15)28-19(29)14-5-3-12(22)8-16(14)23/h2-10H,1H3,(H,28,29). The molecule has 0 spiro atoms. The van der Waals surface area contributed by atoms with Crippen molar-refractivity contribution in [3.63, 3.8) is 0 Å². The lowest BCUT2D eigenvalue weighted by atomic mass is 10.1. The largest absolute Gasteiger partial charge is 0.465 e. The minimum absolute atomic E-state index is 0.0599. The zero-order valence-corrected chi connectivity index (χ0v) is 17.7. The number of nitrogens with zero attached hydrogens (tertiary/aromatic N) is 1. The summed E-state index contributed by atoms with van der Waals surface area (Å²) in [6.45, 7) is 0. The number of esters is 1. The van der Waals surface area contributed by atoms with Crippen molar-refractivity contribution in [2.45, 2.75) is 6.18 Å². The number of anilines is 1. The van der Waals surface area contributed by atoms with Gasteiger partial charge in [-0.15, -0.1) is 0 Å². The van der Waals surface area contributed by atoms with E-state index in [1.165, 1.54) is 36.4 Å². The molecule has 3 rings (SSSR count). The van der Waals surface area contributed by atoms with Crippen molar-refractivity contribution in [3.8, 4) is 11.6 Å². The molecule has 0 aliphatic carbocycles. The summed E-state index contributed by atoms with van der Waals surface area (Å²) in [6.07, 6.45) is -3.91. The Morgan fingerprint density at radius 1 is 1.00 bits per heavy atom. The highest BCUT2D eigenvalue weighted by molar-refractivity contribution is 6.37. The SMILES string of the molecule is COC(=O)c1cc(Oc2ccc(C(F)(F)F)cn2)ccc1NC(=O)c1ccc(Cl)cc1Cl. The molecule has 0 fully saturated rings. The molecule has 11 heteroatoms. The molecule has 0 saturated carbocycles. The maximum Gasteiger partial charge on any atom is 0.417 e. The maximum absolute atomic E-state index is 12.7. The van der Waals surface area contributed by atoms with E-state index in [9.17, 15) is 22.8 Å². The zero-order chi connectivity index (χ0) is 23.5. The second kappa shape index (κ2) is 9.46. The second-order valence-corrected chi connectivity index (χ2v) is 7.11. The first-order valence-electron chi connectivity index (χ1n) is 8.78. The van der Waals surface area contributed by atoms with Crippen LogP contribution in [0.1, 0.15) is 26.3 Å². The van der Waals surface area contributed by atoms with Crippen LogP contribution in [-0.4, -0.2) is 24.0 Å². The van der Waals surface area contributed by atoms with Crippen LogP contribution in [0.4, 0.5) is 18.9 Å². The normalized spacial score (nSPS) is 11.1. The molecule has 6 nitrogen and oxygen atoms in total. The molecule has 3 aromatic rings. The minimum atomic E-state index is -4.53. The number of alkyl halides is 3. The third kappa shape index (κ3) is 5.49. The molecule has 1 N–H and O–H groups in total. The number of hydrogen-bond acceptors (Lipinski definition) is 5. The van der Waals surface area contributed by atoms with E-state index in [0.717, 1.165) is 19.2 Å². The van der Waals surface area contributed by atoms with E-state index in [2.05, 4.69) is 10.3 Å². The van der Waals surface area contributed by atoms with Gasteiger partial charge in [-0.05, 0) is 42.5 Å². The van der Waals surface area contributed by atoms with Gasteiger partial charge < -0.3 is 14.8 Å². The highest BCUT2D eigenvalue weighted by Crippen LogP contribution is 2.31. The summed E-state index contributed by atoms with van der Waals surface area (Å²) in [5.74, 6) is -1.43. The summed E-state index contributed by atoms with van der Waals surface area (Å²) in [5.41, 5.74) is -0.767. The molecular weight excluding hydrogens is 472 g/mol. The van der Waals surface area contributed by atoms with E-state index in [4.69, 9.17) is 32.7 Å². The number of rotatable bonds is 5. The average molecular weight is 485 g/mol. The average Bonchev–Trinajstić information content (AvgIpc) is 2.74. The highest BCUT2D eigenvalue weighted by atomic mass is 35.5. The number of halogens is 5. The number of hydrogen-bond donors (Lipinski definition) is 1. The van der Waals surface area contributed by atoms with Crippen LogP contribution in [0.15, 0.2) is 54.7 Å². The molecule has 32 heavy (non-hydrogen) atoms. The molecule has 1 aromatic heterocycles. The smallest absolute Gasteiger partial charge is 0.417 e. The Hall–Kier alpha value is -3.30. The number of ether oxygens (including phenoxy) is 2. The molecule has 2 aromatic carbocycles. The molecule has 0 saturated heterocycles. The van der Waals surface area contributed by atoms with E-state index in [0.29, 0.717) is 11.2 Å². The summed E-state index contributed by atoms with van der Waals surface area (Å²) in [6, 6.07) is 10.2. The van der Waals surface area contributed by atoms with Crippen molar-refractivity contribution >= 4 is 40.8 Å². The third-order valence-corrected chi connectivity index (χ3v) is 4.65. The van der Waals surface area contributed by atoms with Gasteiger partial charge in [-0.1, -0.05) is 23.2 Å². The van der Waals surface area contributed by atoms with Crippen molar-refractivity contribution in [2.75, 3.05) is 12.4 Å². The fraction of sp³-hybridized carbons (Fsp3) is 0.0952. The number of carbonyl (C=O) groups excluding carboxylic acids is 2. The molecule has 166 valence electrons. The van der Waals surface area contributed by atoms with E-state index < -0.39 is 23.6 Å². The van der Waals surface area contributed by atoms with Crippen molar-refractivity contribution in [3.05, 3.63) is 81.5 Å². The molecule has 0 unspecified atom stereocenters. The fourth-order valence-corrected chi connectivity index (χ4v) is 3.06. The number of amides is 1. The number of carbonyl (C=O) groups is 2. The first kappa shape index (κ1) is 23.4. The van der Waals surface area contributed by atoms with E-state index in [-0.39, 0.29) is 33.5 Å². The van der Waals surface area contributed by atoms with Gasteiger partial charge in [-0.2, -0.15) is 13.2 Å². The number of nitrogens with one attached hydrogen (secondary N) is 1. The van der Waals surface area contributed by atoms with Crippen LogP contribution >= 0.6 is 23.2 Å². The van der Waals surface area contributed by atoms with Gasteiger partial charge in [-0.25, -0.2) is 9.78 Å². The Labute approximate surface area is 189 Å².